The SMILES string of the molecule is Cc1ccccc1OCC1CCCN(C(=O)c2ccc(N3CCN(C)CC3)cc2)C1. The molecule has 1 amide bonds. The molecule has 5 heteroatoms. The average molecular weight is 408 g/mol. The number of rotatable bonds is 5. The van der Waals surface area contributed by atoms with Crippen molar-refractivity contribution in [2.75, 3.05) is 57.8 Å². The molecule has 2 saturated heterocycles. The Bertz CT molecular complexity index is 844. The van der Waals surface area contributed by atoms with E-state index in [-0.39, 0.29) is 5.91 Å². The number of ether oxygens (including phenoxy) is 1. The van der Waals surface area contributed by atoms with Crippen LogP contribution < -0.4 is 9.64 Å². The molecule has 1 unspecified atom stereocenters. The van der Waals surface area contributed by atoms with Crippen molar-refractivity contribution < 1.29 is 9.53 Å². The molecule has 2 heterocycles. The molecule has 2 aromatic carbocycles. The summed E-state index contributed by atoms with van der Waals surface area (Å²) < 4.78 is 6.05. The fourth-order valence-electron chi connectivity index (χ4n) is 4.37. The van der Waals surface area contributed by atoms with Gasteiger partial charge in [-0.25, -0.2) is 0 Å². The van der Waals surface area contributed by atoms with Crippen LogP contribution in [-0.2, 0) is 0 Å². The Morgan fingerprint density at radius 1 is 1.00 bits per heavy atom. The summed E-state index contributed by atoms with van der Waals surface area (Å²) in [6.07, 6.45) is 2.14. The lowest BCUT2D eigenvalue weighted by Gasteiger charge is -2.34. The lowest BCUT2D eigenvalue weighted by molar-refractivity contribution is 0.0633. The van der Waals surface area contributed by atoms with Crippen LogP contribution in [0.15, 0.2) is 48.5 Å². The van der Waals surface area contributed by atoms with Gasteiger partial charge in [0.1, 0.15) is 5.75 Å². The molecule has 0 N–H and O–H groups in total. The van der Waals surface area contributed by atoms with Crippen molar-refractivity contribution in [3.63, 3.8) is 0 Å². The molecular weight excluding hydrogens is 374 g/mol. The molecule has 0 aliphatic carbocycles. The number of piperidine rings is 1. The predicted molar refractivity (Wildman–Crippen MR) is 121 cm³/mol. The Morgan fingerprint density at radius 3 is 2.47 bits per heavy atom. The number of anilines is 1. The van der Waals surface area contributed by atoms with Crippen LogP contribution in [0.2, 0.25) is 0 Å². The number of nitrogens with zero attached hydrogens (tertiary/aromatic N) is 3. The molecule has 0 bridgehead atoms. The zero-order chi connectivity index (χ0) is 20.9. The zero-order valence-corrected chi connectivity index (χ0v) is 18.2. The van der Waals surface area contributed by atoms with Crippen LogP contribution in [0.4, 0.5) is 5.69 Å². The van der Waals surface area contributed by atoms with E-state index in [1.165, 1.54) is 5.69 Å². The molecule has 0 spiro atoms. The first kappa shape index (κ1) is 20.7. The molecule has 2 aliphatic rings. The van der Waals surface area contributed by atoms with Gasteiger partial charge in [-0.15, -0.1) is 0 Å². The summed E-state index contributed by atoms with van der Waals surface area (Å²) in [5, 5.41) is 0. The van der Waals surface area contributed by atoms with Gasteiger partial charge in [0.15, 0.2) is 0 Å². The molecule has 30 heavy (non-hydrogen) atoms. The predicted octanol–water partition coefficient (Wildman–Crippen LogP) is 3.68. The summed E-state index contributed by atoms with van der Waals surface area (Å²) in [6, 6.07) is 16.3. The van der Waals surface area contributed by atoms with Crippen molar-refractivity contribution in [3.05, 3.63) is 59.7 Å². The number of aryl methyl sites for hydroxylation is 1. The molecular formula is C25H33N3O2. The number of hydrogen-bond acceptors (Lipinski definition) is 4. The highest BCUT2D eigenvalue weighted by molar-refractivity contribution is 5.94. The summed E-state index contributed by atoms with van der Waals surface area (Å²) in [5.41, 5.74) is 3.15. The van der Waals surface area contributed by atoms with Gasteiger partial charge in [-0.05, 0) is 62.7 Å². The Labute approximate surface area is 180 Å². The average Bonchev–Trinajstić information content (AvgIpc) is 2.79. The third-order valence-corrected chi connectivity index (χ3v) is 6.36. The Kier molecular flexibility index (Phi) is 6.58. The number of para-hydroxylation sites is 1. The van der Waals surface area contributed by atoms with Crippen LogP contribution in [0.25, 0.3) is 0 Å². The number of hydrogen-bond donors (Lipinski definition) is 0. The Morgan fingerprint density at radius 2 is 1.73 bits per heavy atom. The number of likely N-dealkylation sites (tertiary alicyclic amines) is 1. The van der Waals surface area contributed by atoms with Crippen LogP contribution >= 0.6 is 0 Å². The molecule has 0 saturated carbocycles. The van der Waals surface area contributed by atoms with Gasteiger partial charge >= 0.3 is 0 Å². The quantitative estimate of drug-likeness (QED) is 0.758. The van der Waals surface area contributed by atoms with Crippen molar-refractivity contribution in [1.82, 2.24) is 9.80 Å². The maximum absolute atomic E-state index is 13.1. The smallest absolute Gasteiger partial charge is 0.253 e. The first-order valence-electron chi connectivity index (χ1n) is 11.1. The second-order valence-corrected chi connectivity index (χ2v) is 8.67. The van der Waals surface area contributed by atoms with Crippen LogP contribution in [0.5, 0.6) is 5.75 Å². The largest absolute Gasteiger partial charge is 0.493 e. The number of carbonyl (C=O) groups excluding carboxylic acids is 1. The standard InChI is InChI=1S/C25H33N3O2/c1-20-6-3-4-8-24(20)30-19-21-7-5-13-28(18-21)25(29)22-9-11-23(12-10-22)27-16-14-26(2)15-17-27/h3-4,6,8-12,21H,5,7,13-19H2,1-2H3. The van der Waals surface area contributed by atoms with Crippen LogP contribution in [0.1, 0.15) is 28.8 Å². The first-order chi connectivity index (χ1) is 14.6. The van der Waals surface area contributed by atoms with E-state index in [1.807, 2.05) is 35.2 Å². The number of amides is 1. The van der Waals surface area contributed by atoms with Crippen molar-refractivity contribution in [3.8, 4) is 5.75 Å². The highest BCUT2D eigenvalue weighted by atomic mass is 16.5. The molecule has 2 aliphatic heterocycles. The number of piperazine rings is 1. The van der Waals surface area contributed by atoms with Gasteiger partial charge in [0.2, 0.25) is 0 Å². The van der Waals surface area contributed by atoms with Crippen molar-refractivity contribution in [1.29, 1.82) is 0 Å². The molecule has 5 nitrogen and oxygen atoms in total. The van der Waals surface area contributed by atoms with E-state index in [0.717, 1.165) is 69.0 Å². The minimum Gasteiger partial charge on any atom is -0.493 e. The third kappa shape index (κ3) is 4.96. The lowest BCUT2D eigenvalue weighted by Crippen LogP contribution is -2.44. The van der Waals surface area contributed by atoms with Crippen LogP contribution in [0, 0.1) is 12.8 Å². The fourth-order valence-corrected chi connectivity index (χ4v) is 4.37. The van der Waals surface area contributed by atoms with Crippen LogP contribution in [-0.4, -0.2) is 68.6 Å². The minimum absolute atomic E-state index is 0.139. The summed E-state index contributed by atoms with van der Waals surface area (Å²) in [7, 11) is 2.16. The zero-order valence-electron chi connectivity index (χ0n) is 18.2. The van der Waals surface area contributed by atoms with Gasteiger partial charge in [0.05, 0.1) is 6.61 Å². The van der Waals surface area contributed by atoms with E-state index in [1.54, 1.807) is 0 Å². The van der Waals surface area contributed by atoms with E-state index in [0.29, 0.717) is 12.5 Å². The summed E-state index contributed by atoms with van der Waals surface area (Å²) in [6.45, 7) is 8.58. The van der Waals surface area contributed by atoms with E-state index in [4.69, 9.17) is 4.74 Å². The van der Waals surface area contributed by atoms with Crippen LogP contribution in [0.3, 0.4) is 0 Å². The normalized spacial score (nSPS) is 20.3. The Balaban J connectivity index is 1.33. The first-order valence-corrected chi connectivity index (χ1v) is 11.1. The van der Waals surface area contributed by atoms with Gasteiger partial charge in [-0.1, -0.05) is 18.2 Å². The molecule has 0 aromatic heterocycles. The molecule has 160 valence electrons. The van der Waals surface area contributed by atoms with Gasteiger partial charge < -0.3 is 19.4 Å². The monoisotopic (exact) mass is 407 g/mol. The summed E-state index contributed by atoms with van der Waals surface area (Å²) >= 11 is 0. The second-order valence-electron chi connectivity index (χ2n) is 8.67. The number of likely N-dealkylation sites (N-methyl/N-ethyl adjacent to an activating group) is 1. The van der Waals surface area contributed by atoms with Gasteiger partial charge in [-0.2, -0.15) is 0 Å². The lowest BCUT2D eigenvalue weighted by atomic mass is 9.98. The van der Waals surface area contributed by atoms with Gasteiger partial charge in [0.25, 0.3) is 5.91 Å². The van der Waals surface area contributed by atoms with E-state index in [9.17, 15) is 4.79 Å². The van der Waals surface area contributed by atoms with Gasteiger partial charge in [-0.3, -0.25) is 4.79 Å². The molecule has 0 radical (unpaired) electrons. The van der Waals surface area contributed by atoms with Crippen molar-refractivity contribution in [2.45, 2.75) is 19.8 Å². The number of carbonyl (C=O) groups is 1. The second kappa shape index (κ2) is 9.52. The van der Waals surface area contributed by atoms with E-state index >= 15 is 0 Å². The molecule has 1 atom stereocenters. The molecule has 4 rings (SSSR count). The van der Waals surface area contributed by atoms with Crippen molar-refractivity contribution in [2.24, 2.45) is 5.92 Å². The maximum Gasteiger partial charge on any atom is 0.253 e. The molecule has 2 aromatic rings. The van der Waals surface area contributed by atoms with E-state index in [2.05, 4.69) is 42.0 Å². The Hall–Kier alpha value is -2.53. The van der Waals surface area contributed by atoms with Gasteiger partial charge in [0, 0.05) is 56.4 Å². The van der Waals surface area contributed by atoms with E-state index < -0.39 is 0 Å². The third-order valence-electron chi connectivity index (χ3n) is 6.36. The fraction of sp³-hybridized carbons (Fsp3) is 0.480. The van der Waals surface area contributed by atoms with Crippen molar-refractivity contribution >= 4 is 11.6 Å². The maximum atomic E-state index is 13.1. The highest BCUT2D eigenvalue weighted by Gasteiger charge is 2.25. The summed E-state index contributed by atoms with van der Waals surface area (Å²) in [5.74, 6) is 1.47. The minimum atomic E-state index is 0.139. The number of benzene rings is 2. The topological polar surface area (TPSA) is 36.0 Å². The highest BCUT2D eigenvalue weighted by Crippen LogP contribution is 2.23. The summed E-state index contributed by atoms with van der Waals surface area (Å²) in [4.78, 5) is 19.8. The molecule has 2 fully saturated rings.